The molecule has 0 aromatic heterocycles. The molecule has 1 fully saturated rings. The Kier molecular flexibility index (Phi) is 2.42. The Labute approximate surface area is 78.2 Å². The minimum atomic E-state index is 0.372. The monoisotopic (exact) mass is 184 g/mol. The maximum atomic E-state index is 4.83. The summed E-state index contributed by atoms with van der Waals surface area (Å²) in [5.41, 5.74) is 0.372. The van der Waals surface area contributed by atoms with Crippen molar-refractivity contribution in [2.24, 2.45) is 4.99 Å². The fourth-order valence-corrected chi connectivity index (χ4v) is 3.37. The molecule has 0 unspecified atom stereocenters. The normalized spacial score (nSPS) is 26.6. The molecule has 2 rings (SSSR count). The Morgan fingerprint density at radius 2 is 2.25 bits per heavy atom. The zero-order valence-corrected chi connectivity index (χ0v) is 8.41. The maximum absolute atomic E-state index is 4.83. The van der Waals surface area contributed by atoms with Gasteiger partial charge in [0.1, 0.15) is 0 Å². The van der Waals surface area contributed by atoms with Gasteiger partial charge in [-0.25, -0.2) is 0 Å². The summed E-state index contributed by atoms with van der Waals surface area (Å²) in [6.07, 6.45) is 5.42. The lowest BCUT2D eigenvalue weighted by molar-refractivity contribution is 0.508. The van der Waals surface area contributed by atoms with Crippen molar-refractivity contribution >= 4 is 16.8 Å². The summed E-state index contributed by atoms with van der Waals surface area (Å²) in [4.78, 5) is 4.83. The number of hydrogen-bond donors (Lipinski definition) is 1. The highest BCUT2D eigenvalue weighted by atomic mass is 32.2. The molecule has 0 saturated heterocycles. The van der Waals surface area contributed by atoms with Gasteiger partial charge in [-0.15, -0.1) is 11.8 Å². The molecule has 0 radical (unpaired) electrons. The molecular formula is C9H16N2S. The smallest absolute Gasteiger partial charge is 0.0822 e. The van der Waals surface area contributed by atoms with E-state index in [1.807, 2.05) is 18.8 Å². The number of nitrogens with zero attached hydrogens (tertiary/aromatic N) is 1. The Morgan fingerprint density at radius 1 is 1.50 bits per heavy atom. The van der Waals surface area contributed by atoms with Crippen molar-refractivity contribution in [3.63, 3.8) is 0 Å². The van der Waals surface area contributed by atoms with E-state index in [2.05, 4.69) is 5.32 Å². The van der Waals surface area contributed by atoms with Gasteiger partial charge in [-0.2, -0.15) is 0 Å². The maximum Gasteiger partial charge on any atom is 0.0822 e. The molecule has 0 atom stereocenters. The number of aliphatic imine (C=N–C) groups is 1. The van der Waals surface area contributed by atoms with Crippen LogP contribution in [-0.2, 0) is 0 Å². The van der Waals surface area contributed by atoms with Crippen LogP contribution in [0.25, 0.3) is 0 Å². The lowest BCUT2D eigenvalue weighted by Crippen LogP contribution is -2.21. The van der Waals surface area contributed by atoms with Gasteiger partial charge >= 0.3 is 0 Å². The molecule has 1 aliphatic heterocycles. The molecule has 68 valence electrons. The summed E-state index contributed by atoms with van der Waals surface area (Å²) in [6, 6.07) is 0. The van der Waals surface area contributed by atoms with Crippen LogP contribution in [0.2, 0.25) is 0 Å². The summed E-state index contributed by atoms with van der Waals surface area (Å²) >= 11 is 1.95. The predicted octanol–water partition coefficient (Wildman–Crippen LogP) is 1.66. The zero-order chi connectivity index (χ0) is 8.44. The third kappa shape index (κ3) is 1.52. The van der Waals surface area contributed by atoms with Gasteiger partial charge in [-0.05, 0) is 19.9 Å². The Bertz CT molecular complexity index is 195. The van der Waals surface area contributed by atoms with Crippen LogP contribution in [0.1, 0.15) is 25.7 Å². The fraction of sp³-hybridized carbons (Fsp3) is 0.889. The SMILES string of the molecule is CNCC1=NC2(CCCC2)CS1. The van der Waals surface area contributed by atoms with Crippen LogP contribution in [0, 0.1) is 0 Å². The second-order valence-corrected chi connectivity index (χ2v) is 4.80. The number of nitrogens with one attached hydrogen (secondary N) is 1. The summed E-state index contributed by atoms with van der Waals surface area (Å²) in [7, 11) is 1.99. The van der Waals surface area contributed by atoms with E-state index in [9.17, 15) is 0 Å². The third-order valence-corrected chi connectivity index (χ3v) is 3.98. The van der Waals surface area contributed by atoms with E-state index in [1.165, 1.54) is 36.5 Å². The van der Waals surface area contributed by atoms with Gasteiger partial charge in [0.2, 0.25) is 0 Å². The Morgan fingerprint density at radius 3 is 2.92 bits per heavy atom. The lowest BCUT2D eigenvalue weighted by atomic mass is 10.0. The standard InChI is InChI=1S/C9H16N2S/c1-10-6-8-11-9(7-12-8)4-2-3-5-9/h10H,2-7H2,1H3. The molecule has 0 bridgehead atoms. The van der Waals surface area contributed by atoms with E-state index in [-0.39, 0.29) is 0 Å². The quantitative estimate of drug-likeness (QED) is 0.706. The van der Waals surface area contributed by atoms with E-state index in [0.29, 0.717) is 5.54 Å². The highest BCUT2D eigenvalue weighted by Gasteiger charge is 2.37. The Balaban J connectivity index is 2.02. The molecule has 3 heteroatoms. The highest BCUT2D eigenvalue weighted by Crippen LogP contribution is 2.40. The van der Waals surface area contributed by atoms with Gasteiger partial charge in [-0.3, -0.25) is 4.99 Å². The van der Waals surface area contributed by atoms with Crippen LogP contribution in [0.4, 0.5) is 0 Å². The van der Waals surface area contributed by atoms with Gasteiger partial charge in [0.05, 0.1) is 10.6 Å². The van der Waals surface area contributed by atoms with Crippen LogP contribution in [0.15, 0.2) is 4.99 Å². The first-order chi connectivity index (χ1) is 5.85. The topological polar surface area (TPSA) is 24.4 Å². The van der Waals surface area contributed by atoms with Gasteiger partial charge in [0.25, 0.3) is 0 Å². The van der Waals surface area contributed by atoms with Crippen molar-refractivity contribution in [1.82, 2.24) is 5.32 Å². The largest absolute Gasteiger partial charge is 0.314 e. The second-order valence-electron chi connectivity index (χ2n) is 3.76. The van der Waals surface area contributed by atoms with Crippen molar-refractivity contribution in [3.8, 4) is 0 Å². The lowest BCUT2D eigenvalue weighted by Gasteiger charge is -2.16. The second kappa shape index (κ2) is 3.38. The molecule has 1 N–H and O–H groups in total. The van der Waals surface area contributed by atoms with Crippen LogP contribution >= 0.6 is 11.8 Å². The highest BCUT2D eigenvalue weighted by molar-refractivity contribution is 8.14. The third-order valence-electron chi connectivity index (χ3n) is 2.73. The zero-order valence-electron chi connectivity index (χ0n) is 7.60. The van der Waals surface area contributed by atoms with Gasteiger partial charge in [0.15, 0.2) is 0 Å². The summed E-state index contributed by atoms with van der Waals surface area (Å²) in [5.74, 6) is 1.24. The average Bonchev–Trinajstić information content (AvgIpc) is 2.65. The van der Waals surface area contributed by atoms with Crippen molar-refractivity contribution in [1.29, 1.82) is 0 Å². The first-order valence-electron chi connectivity index (χ1n) is 4.71. The molecule has 12 heavy (non-hydrogen) atoms. The number of thioether (sulfide) groups is 1. The number of rotatable bonds is 2. The number of hydrogen-bond acceptors (Lipinski definition) is 3. The summed E-state index contributed by atoms with van der Waals surface area (Å²) in [5, 5.41) is 4.48. The van der Waals surface area contributed by atoms with E-state index in [1.54, 1.807) is 0 Å². The van der Waals surface area contributed by atoms with Crippen molar-refractivity contribution in [2.75, 3.05) is 19.3 Å². The average molecular weight is 184 g/mol. The first-order valence-corrected chi connectivity index (χ1v) is 5.69. The molecule has 2 nitrogen and oxygen atoms in total. The van der Waals surface area contributed by atoms with Crippen LogP contribution in [0.3, 0.4) is 0 Å². The molecule has 2 aliphatic rings. The molecule has 0 aromatic carbocycles. The first kappa shape index (κ1) is 8.57. The summed E-state index contributed by atoms with van der Waals surface area (Å²) in [6.45, 7) is 0.965. The molecule has 0 amide bonds. The van der Waals surface area contributed by atoms with Crippen molar-refractivity contribution in [3.05, 3.63) is 0 Å². The van der Waals surface area contributed by atoms with Crippen LogP contribution in [0.5, 0.6) is 0 Å². The molecule has 1 aliphatic carbocycles. The molecule has 1 heterocycles. The predicted molar refractivity (Wildman–Crippen MR) is 55.0 cm³/mol. The molecule has 0 aromatic rings. The van der Waals surface area contributed by atoms with E-state index >= 15 is 0 Å². The van der Waals surface area contributed by atoms with E-state index < -0.39 is 0 Å². The Hall–Kier alpha value is -0.0200. The summed E-state index contributed by atoms with van der Waals surface area (Å²) < 4.78 is 0. The van der Waals surface area contributed by atoms with E-state index in [0.717, 1.165) is 6.54 Å². The van der Waals surface area contributed by atoms with Gasteiger partial charge in [0, 0.05) is 12.3 Å². The van der Waals surface area contributed by atoms with E-state index in [4.69, 9.17) is 4.99 Å². The minimum absolute atomic E-state index is 0.372. The molecular weight excluding hydrogens is 168 g/mol. The van der Waals surface area contributed by atoms with Crippen molar-refractivity contribution in [2.45, 2.75) is 31.2 Å². The molecule has 1 saturated carbocycles. The van der Waals surface area contributed by atoms with Crippen molar-refractivity contribution < 1.29 is 0 Å². The van der Waals surface area contributed by atoms with Crippen LogP contribution in [-0.4, -0.2) is 29.9 Å². The van der Waals surface area contributed by atoms with Crippen LogP contribution < -0.4 is 5.32 Å². The molecule has 1 spiro atoms. The van der Waals surface area contributed by atoms with Gasteiger partial charge < -0.3 is 5.32 Å². The minimum Gasteiger partial charge on any atom is -0.314 e. The van der Waals surface area contributed by atoms with Gasteiger partial charge in [-0.1, -0.05) is 12.8 Å². The fourth-order valence-electron chi connectivity index (χ4n) is 2.08.